The highest BCUT2D eigenvalue weighted by atomic mass is 16.5. The molecule has 4 rings (SSSR count). The van der Waals surface area contributed by atoms with Gasteiger partial charge in [-0.05, 0) is 68.1 Å². The molecule has 0 aliphatic carbocycles. The van der Waals surface area contributed by atoms with Crippen LogP contribution >= 0.6 is 0 Å². The summed E-state index contributed by atoms with van der Waals surface area (Å²) in [6.45, 7) is 11.7. The van der Waals surface area contributed by atoms with Crippen LogP contribution < -0.4 is 14.2 Å². The fraction of sp³-hybridized carbons (Fsp3) is 0.500. The summed E-state index contributed by atoms with van der Waals surface area (Å²) < 4.78 is 22.9. The molecule has 2 aliphatic heterocycles. The maximum absolute atomic E-state index is 13.5. The second-order valence-corrected chi connectivity index (χ2v) is 10.2. The molecule has 41 heavy (non-hydrogen) atoms. The van der Waals surface area contributed by atoms with Crippen molar-refractivity contribution in [3.05, 3.63) is 59.2 Å². The molecule has 0 radical (unpaired) electrons. The van der Waals surface area contributed by atoms with Crippen molar-refractivity contribution in [1.82, 2.24) is 9.80 Å². The molecule has 1 amide bonds. The molecule has 2 aliphatic rings. The van der Waals surface area contributed by atoms with Gasteiger partial charge in [0.25, 0.3) is 11.7 Å². The number of nitrogens with zero attached hydrogens (tertiary/aromatic N) is 2. The Morgan fingerprint density at radius 3 is 2.29 bits per heavy atom. The Labute approximate surface area is 242 Å². The zero-order valence-corrected chi connectivity index (χ0v) is 24.4. The Morgan fingerprint density at radius 2 is 1.61 bits per heavy atom. The van der Waals surface area contributed by atoms with Crippen LogP contribution in [0.5, 0.6) is 17.2 Å². The molecule has 2 aromatic carbocycles. The molecule has 2 saturated heterocycles. The topological polar surface area (TPSA) is 97.8 Å². The van der Waals surface area contributed by atoms with Crippen LogP contribution in [0, 0.1) is 0 Å². The summed E-state index contributed by atoms with van der Waals surface area (Å²) in [5.41, 5.74) is 1.18. The predicted octanol–water partition coefficient (Wildman–Crippen LogP) is 4.81. The molecular weight excluding hydrogens is 524 g/mol. The van der Waals surface area contributed by atoms with Crippen molar-refractivity contribution in [3.63, 3.8) is 0 Å². The van der Waals surface area contributed by atoms with E-state index in [9.17, 15) is 14.7 Å². The van der Waals surface area contributed by atoms with Crippen molar-refractivity contribution >= 4 is 17.4 Å². The van der Waals surface area contributed by atoms with E-state index in [0.29, 0.717) is 74.4 Å². The number of likely N-dealkylation sites (tertiary alicyclic amines) is 1. The summed E-state index contributed by atoms with van der Waals surface area (Å²) in [6.07, 6.45) is 2.41. The first-order chi connectivity index (χ1) is 20.0. The third-order valence-corrected chi connectivity index (χ3v) is 7.16. The van der Waals surface area contributed by atoms with Crippen molar-refractivity contribution in [2.45, 2.75) is 46.1 Å². The lowest BCUT2D eigenvalue weighted by molar-refractivity contribution is -0.140. The molecule has 0 saturated carbocycles. The van der Waals surface area contributed by atoms with E-state index in [1.807, 2.05) is 39.0 Å². The molecule has 2 aromatic rings. The highest BCUT2D eigenvalue weighted by Gasteiger charge is 2.46. The van der Waals surface area contributed by atoms with Gasteiger partial charge in [-0.2, -0.15) is 0 Å². The quantitative estimate of drug-likeness (QED) is 0.198. The Balaban J connectivity index is 1.70. The maximum Gasteiger partial charge on any atom is 0.295 e. The van der Waals surface area contributed by atoms with Gasteiger partial charge in [-0.3, -0.25) is 14.5 Å². The van der Waals surface area contributed by atoms with Crippen molar-refractivity contribution in [2.24, 2.45) is 0 Å². The van der Waals surface area contributed by atoms with Crippen molar-refractivity contribution in [1.29, 1.82) is 0 Å². The van der Waals surface area contributed by atoms with Crippen molar-refractivity contribution < 1.29 is 33.6 Å². The molecule has 0 bridgehead atoms. The number of ether oxygens (including phenoxy) is 4. The minimum atomic E-state index is -0.768. The molecule has 222 valence electrons. The number of morpholine rings is 1. The van der Waals surface area contributed by atoms with Gasteiger partial charge in [-0.25, -0.2) is 0 Å². The molecule has 2 heterocycles. The molecule has 0 aromatic heterocycles. The van der Waals surface area contributed by atoms with Crippen LogP contribution in [0.1, 0.15) is 57.2 Å². The molecule has 2 fully saturated rings. The highest BCUT2D eigenvalue weighted by molar-refractivity contribution is 6.46. The average Bonchev–Trinajstić information content (AvgIpc) is 3.25. The second-order valence-electron chi connectivity index (χ2n) is 10.2. The summed E-state index contributed by atoms with van der Waals surface area (Å²) >= 11 is 0. The van der Waals surface area contributed by atoms with E-state index < -0.39 is 17.7 Å². The van der Waals surface area contributed by atoms with Gasteiger partial charge >= 0.3 is 0 Å². The minimum Gasteiger partial charge on any atom is -0.507 e. The molecular formula is C32H42N2O7. The van der Waals surface area contributed by atoms with Gasteiger partial charge < -0.3 is 29.0 Å². The molecule has 1 N–H and O–H groups in total. The second kappa shape index (κ2) is 14.9. The highest BCUT2D eigenvalue weighted by Crippen LogP contribution is 2.42. The van der Waals surface area contributed by atoms with Gasteiger partial charge in [0.15, 0.2) is 11.5 Å². The standard InChI is InChI=1S/C32H42N2O7/c1-4-18-40-25-11-8-23(9-12-25)30(35)28-29(24-10-13-26(41-19-5-2)27(22-24)39-6-3)34(32(37)31(28)36)15-7-14-33-16-20-38-21-17-33/h8-13,22,29,35H,4-7,14-21H2,1-3H3. The molecule has 0 spiro atoms. The number of Topliss-reactive ketones (excluding diaryl/α,β-unsaturated/α-hetero) is 1. The fourth-order valence-corrected chi connectivity index (χ4v) is 5.13. The van der Waals surface area contributed by atoms with Crippen LogP contribution in [0.4, 0.5) is 0 Å². The number of ketones is 1. The van der Waals surface area contributed by atoms with E-state index in [1.54, 1.807) is 29.2 Å². The summed E-state index contributed by atoms with van der Waals surface area (Å²) in [6, 6.07) is 11.6. The zero-order chi connectivity index (χ0) is 29.2. The van der Waals surface area contributed by atoms with E-state index in [0.717, 1.165) is 32.5 Å². The van der Waals surface area contributed by atoms with Gasteiger partial charge in [0.1, 0.15) is 11.5 Å². The Hall–Kier alpha value is -3.56. The van der Waals surface area contributed by atoms with Gasteiger partial charge in [0.2, 0.25) is 0 Å². The largest absolute Gasteiger partial charge is 0.507 e. The third kappa shape index (κ3) is 7.40. The number of hydrogen-bond donors (Lipinski definition) is 1. The van der Waals surface area contributed by atoms with E-state index in [4.69, 9.17) is 18.9 Å². The monoisotopic (exact) mass is 566 g/mol. The lowest BCUT2D eigenvalue weighted by Crippen LogP contribution is -2.39. The van der Waals surface area contributed by atoms with Crippen LogP contribution in [0.2, 0.25) is 0 Å². The summed E-state index contributed by atoms with van der Waals surface area (Å²) in [4.78, 5) is 30.8. The third-order valence-electron chi connectivity index (χ3n) is 7.16. The van der Waals surface area contributed by atoms with E-state index >= 15 is 0 Å². The molecule has 1 unspecified atom stereocenters. The van der Waals surface area contributed by atoms with Crippen LogP contribution in [-0.4, -0.2) is 85.8 Å². The molecule has 1 atom stereocenters. The van der Waals surface area contributed by atoms with E-state index in [1.165, 1.54) is 0 Å². The average molecular weight is 567 g/mol. The number of rotatable bonds is 14. The van der Waals surface area contributed by atoms with Crippen LogP contribution in [0.3, 0.4) is 0 Å². The van der Waals surface area contributed by atoms with Gasteiger partial charge in [0.05, 0.1) is 44.6 Å². The smallest absolute Gasteiger partial charge is 0.295 e. The fourth-order valence-electron chi connectivity index (χ4n) is 5.13. The van der Waals surface area contributed by atoms with Gasteiger partial charge in [-0.15, -0.1) is 0 Å². The van der Waals surface area contributed by atoms with Crippen LogP contribution in [-0.2, 0) is 14.3 Å². The van der Waals surface area contributed by atoms with E-state index in [2.05, 4.69) is 4.90 Å². The number of carbonyl (C=O) groups is 2. The van der Waals surface area contributed by atoms with Crippen molar-refractivity contribution in [2.75, 3.05) is 59.2 Å². The number of benzene rings is 2. The number of hydrogen-bond acceptors (Lipinski definition) is 8. The normalized spacial score (nSPS) is 19.0. The van der Waals surface area contributed by atoms with Crippen molar-refractivity contribution in [3.8, 4) is 17.2 Å². The summed E-state index contributed by atoms with van der Waals surface area (Å²) in [5.74, 6) is 0.280. The lowest BCUT2D eigenvalue weighted by Gasteiger charge is -2.29. The Bertz CT molecular complexity index is 1210. The summed E-state index contributed by atoms with van der Waals surface area (Å²) in [5, 5.41) is 11.5. The molecule has 9 heteroatoms. The maximum atomic E-state index is 13.5. The SMILES string of the molecule is CCCOc1ccc(C(O)=C2C(=O)C(=O)N(CCCN3CCOCC3)C2c2ccc(OCCC)c(OCC)c2)cc1. The zero-order valence-electron chi connectivity index (χ0n) is 24.4. The van der Waals surface area contributed by atoms with Gasteiger partial charge in [-0.1, -0.05) is 19.9 Å². The number of amides is 1. The summed E-state index contributed by atoms with van der Waals surface area (Å²) in [7, 11) is 0. The predicted molar refractivity (Wildman–Crippen MR) is 157 cm³/mol. The first-order valence-electron chi connectivity index (χ1n) is 14.7. The Morgan fingerprint density at radius 1 is 0.902 bits per heavy atom. The van der Waals surface area contributed by atoms with Crippen LogP contribution in [0.15, 0.2) is 48.0 Å². The van der Waals surface area contributed by atoms with Gasteiger partial charge in [0, 0.05) is 31.7 Å². The van der Waals surface area contributed by atoms with E-state index in [-0.39, 0.29) is 11.3 Å². The minimum absolute atomic E-state index is 0.0632. The first-order valence-corrected chi connectivity index (χ1v) is 14.7. The number of aliphatic hydroxyl groups excluding tert-OH is 1. The lowest BCUT2D eigenvalue weighted by atomic mass is 9.95. The first kappa shape index (κ1) is 30.4. The molecule has 9 nitrogen and oxygen atoms in total. The Kier molecular flexibility index (Phi) is 11.0. The van der Waals surface area contributed by atoms with Crippen LogP contribution in [0.25, 0.3) is 5.76 Å². The number of aliphatic hydroxyl groups is 1. The number of carbonyl (C=O) groups excluding carboxylic acids is 2.